The molecule has 0 unspecified atom stereocenters. The van der Waals surface area contributed by atoms with Gasteiger partial charge >= 0.3 is 5.97 Å². The first-order valence-electron chi connectivity index (χ1n) is 9.56. The Kier molecular flexibility index (Phi) is 7.56. The molecule has 0 aliphatic heterocycles. The fourth-order valence-corrected chi connectivity index (χ4v) is 4.45. The van der Waals surface area contributed by atoms with Crippen LogP contribution in [0.5, 0.6) is 11.5 Å². The molecule has 1 N–H and O–H groups in total. The standard InChI is InChI=1S/C24H22ClNO5S/c1-14-21(16-6-5-7-17(25)12-16)22(24(28)31-4)23(32-14)26-20(27)11-9-15-8-10-18(29-2)13-19(15)30-3/h5-13H,1-4H3,(H,26,27)/b11-9+. The second kappa shape index (κ2) is 10.3. The predicted molar refractivity (Wildman–Crippen MR) is 128 cm³/mol. The molecule has 166 valence electrons. The van der Waals surface area contributed by atoms with E-state index < -0.39 is 11.9 Å². The molecule has 0 bridgehead atoms. The first-order valence-corrected chi connectivity index (χ1v) is 10.8. The van der Waals surface area contributed by atoms with Crippen LogP contribution in [-0.4, -0.2) is 33.2 Å². The first kappa shape index (κ1) is 23.4. The number of halogens is 1. The average Bonchev–Trinajstić information content (AvgIpc) is 3.12. The van der Waals surface area contributed by atoms with Crippen LogP contribution in [0, 0.1) is 6.92 Å². The molecule has 0 saturated carbocycles. The van der Waals surface area contributed by atoms with Gasteiger partial charge in [-0.3, -0.25) is 4.79 Å². The van der Waals surface area contributed by atoms with Crippen molar-refractivity contribution in [3.63, 3.8) is 0 Å². The molecule has 32 heavy (non-hydrogen) atoms. The van der Waals surface area contributed by atoms with Crippen molar-refractivity contribution < 1.29 is 23.8 Å². The lowest BCUT2D eigenvalue weighted by Gasteiger charge is -2.08. The minimum absolute atomic E-state index is 0.293. The lowest BCUT2D eigenvalue weighted by Crippen LogP contribution is -2.11. The van der Waals surface area contributed by atoms with E-state index in [1.807, 2.05) is 13.0 Å². The van der Waals surface area contributed by atoms with Gasteiger partial charge in [-0.1, -0.05) is 23.7 Å². The quantitative estimate of drug-likeness (QED) is 0.346. The molecule has 8 heteroatoms. The average molecular weight is 472 g/mol. The van der Waals surface area contributed by atoms with E-state index in [4.69, 9.17) is 25.8 Å². The monoisotopic (exact) mass is 471 g/mol. The number of carbonyl (C=O) groups is 2. The third-order valence-corrected chi connectivity index (χ3v) is 5.93. The maximum absolute atomic E-state index is 12.7. The lowest BCUT2D eigenvalue weighted by atomic mass is 10.0. The number of carbonyl (C=O) groups excluding carboxylic acids is 2. The Morgan fingerprint density at radius 3 is 2.50 bits per heavy atom. The van der Waals surface area contributed by atoms with Crippen LogP contribution in [0.25, 0.3) is 17.2 Å². The Labute approximate surface area is 195 Å². The van der Waals surface area contributed by atoms with Crippen molar-refractivity contribution in [2.45, 2.75) is 6.92 Å². The van der Waals surface area contributed by atoms with Crippen molar-refractivity contribution >= 4 is 45.9 Å². The summed E-state index contributed by atoms with van der Waals surface area (Å²) in [6.07, 6.45) is 3.00. The molecule has 0 fully saturated rings. The lowest BCUT2D eigenvalue weighted by molar-refractivity contribution is -0.111. The Bertz CT molecular complexity index is 1190. The van der Waals surface area contributed by atoms with E-state index in [-0.39, 0.29) is 0 Å². The van der Waals surface area contributed by atoms with E-state index >= 15 is 0 Å². The molecule has 0 spiro atoms. The Morgan fingerprint density at radius 2 is 1.84 bits per heavy atom. The smallest absolute Gasteiger partial charge is 0.341 e. The second-order valence-electron chi connectivity index (χ2n) is 6.67. The van der Waals surface area contributed by atoms with Gasteiger partial charge in [0.15, 0.2) is 0 Å². The van der Waals surface area contributed by atoms with Gasteiger partial charge in [0.25, 0.3) is 0 Å². The van der Waals surface area contributed by atoms with Crippen LogP contribution in [0.1, 0.15) is 20.8 Å². The fraction of sp³-hybridized carbons (Fsp3) is 0.167. The zero-order chi connectivity index (χ0) is 23.3. The minimum Gasteiger partial charge on any atom is -0.497 e. The summed E-state index contributed by atoms with van der Waals surface area (Å²) in [4.78, 5) is 26.1. The van der Waals surface area contributed by atoms with Gasteiger partial charge in [-0.2, -0.15) is 0 Å². The summed E-state index contributed by atoms with van der Waals surface area (Å²) in [5, 5.41) is 3.75. The normalized spacial score (nSPS) is 10.8. The van der Waals surface area contributed by atoms with Gasteiger partial charge in [0, 0.05) is 33.2 Å². The number of esters is 1. The molecule has 1 amide bonds. The number of rotatable bonds is 7. The van der Waals surface area contributed by atoms with Crippen LogP contribution >= 0.6 is 22.9 Å². The maximum Gasteiger partial charge on any atom is 0.341 e. The number of hydrogen-bond donors (Lipinski definition) is 1. The third kappa shape index (κ3) is 5.12. The molecule has 0 radical (unpaired) electrons. The van der Waals surface area contributed by atoms with Crippen molar-refractivity contribution in [3.8, 4) is 22.6 Å². The molecule has 1 heterocycles. The van der Waals surface area contributed by atoms with E-state index in [2.05, 4.69) is 5.32 Å². The molecular weight excluding hydrogens is 450 g/mol. The molecule has 0 atom stereocenters. The number of thiophene rings is 1. The molecule has 6 nitrogen and oxygen atoms in total. The van der Waals surface area contributed by atoms with Crippen molar-refractivity contribution in [3.05, 3.63) is 69.6 Å². The van der Waals surface area contributed by atoms with Crippen LogP contribution < -0.4 is 14.8 Å². The molecule has 2 aromatic carbocycles. The molecule has 3 aromatic rings. The van der Waals surface area contributed by atoms with Gasteiger partial charge in [-0.25, -0.2) is 4.79 Å². The topological polar surface area (TPSA) is 73.9 Å². The number of anilines is 1. The molecule has 3 rings (SSSR count). The zero-order valence-corrected chi connectivity index (χ0v) is 19.6. The number of hydrogen-bond acceptors (Lipinski definition) is 6. The van der Waals surface area contributed by atoms with Crippen LogP contribution in [0.15, 0.2) is 48.5 Å². The molecule has 0 aliphatic rings. The number of ether oxygens (including phenoxy) is 3. The fourth-order valence-electron chi connectivity index (χ4n) is 3.20. The Balaban J connectivity index is 1.92. The maximum atomic E-state index is 12.7. The van der Waals surface area contributed by atoms with Gasteiger partial charge < -0.3 is 19.5 Å². The number of nitrogens with one attached hydrogen (secondary N) is 1. The summed E-state index contributed by atoms with van der Waals surface area (Å²) in [5.41, 5.74) is 2.45. The van der Waals surface area contributed by atoms with E-state index in [0.29, 0.717) is 38.2 Å². The zero-order valence-electron chi connectivity index (χ0n) is 18.0. The second-order valence-corrected chi connectivity index (χ2v) is 8.33. The summed E-state index contributed by atoms with van der Waals surface area (Å²) >= 11 is 7.43. The molecule has 0 saturated heterocycles. The van der Waals surface area contributed by atoms with Gasteiger partial charge in [0.1, 0.15) is 22.1 Å². The highest BCUT2D eigenvalue weighted by atomic mass is 35.5. The summed E-state index contributed by atoms with van der Waals surface area (Å²) in [7, 11) is 4.41. The third-order valence-electron chi connectivity index (χ3n) is 4.68. The van der Waals surface area contributed by atoms with E-state index in [0.717, 1.165) is 10.4 Å². The highest BCUT2D eigenvalue weighted by molar-refractivity contribution is 7.17. The summed E-state index contributed by atoms with van der Waals surface area (Å²) in [6, 6.07) is 12.5. The highest BCUT2D eigenvalue weighted by Gasteiger charge is 2.25. The van der Waals surface area contributed by atoms with Crippen LogP contribution in [-0.2, 0) is 9.53 Å². The van der Waals surface area contributed by atoms with Gasteiger partial charge in [0.05, 0.1) is 21.3 Å². The molecule has 0 aliphatic carbocycles. The predicted octanol–water partition coefficient (Wildman–Crippen LogP) is 5.83. The van der Waals surface area contributed by atoms with Crippen LogP contribution in [0.3, 0.4) is 0 Å². The van der Waals surface area contributed by atoms with Crippen LogP contribution in [0.4, 0.5) is 5.00 Å². The van der Waals surface area contributed by atoms with Crippen molar-refractivity contribution in [1.82, 2.24) is 0 Å². The number of benzene rings is 2. The van der Waals surface area contributed by atoms with E-state index in [1.165, 1.54) is 24.5 Å². The van der Waals surface area contributed by atoms with E-state index in [9.17, 15) is 9.59 Å². The number of aryl methyl sites for hydroxylation is 1. The molecular formula is C24H22ClNO5S. The summed E-state index contributed by atoms with van der Waals surface area (Å²) < 4.78 is 15.5. The Morgan fingerprint density at radius 1 is 1.06 bits per heavy atom. The number of methoxy groups -OCH3 is 3. The van der Waals surface area contributed by atoms with Gasteiger partial charge in [0.2, 0.25) is 5.91 Å². The highest BCUT2D eigenvalue weighted by Crippen LogP contribution is 2.41. The SMILES string of the molecule is COC(=O)c1c(NC(=O)/C=C/c2ccc(OC)cc2OC)sc(C)c1-c1cccc(Cl)c1. The van der Waals surface area contributed by atoms with Crippen molar-refractivity contribution in [2.24, 2.45) is 0 Å². The van der Waals surface area contributed by atoms with Gasteiger partial charge in [-0.05, 0) is 42.8 Å². The van der Waals surface area contributed by atoms with Crippen LogP contribution in [0.2, 0.25) is 5.02 Å². The number of amides is 1. The van der Waals surface area contributed by atoms with Crippen molar-refractivity contribution in [2.75, 3.05) is 26.6 Å². The van der Waals surface area contributed by atoms with E-state index in [1.54, 1.807) is 56.7 Å². The minimum atomic E-state index is -0.541. The van der Waals surface area contributed by atoms with Gasteiger partial charge in [-0.15, -0.1) is 11.3 Å². The largest absolute Gasteiger partial charge is 0.497 e. The molecule has 1 aromatic heterocycles. The first-order chi connectivity index (χ1) is 15.4. The van der Waals surface area contributed by atoms with Crippen molar-refractivity contribution in [1.29, 1.82) is 0 Å². The summed E-state index contributed by atoms with van der Waals surface area (Å²) in [5.74, 6) is 0.278. The summed E-state index contributed by atoms with van der Waals surface area (Å²) in [6.45, 7) is 1.88. The Hall–Kier alpha value is -3.29.